The number of ether oxygens (including phenoxy) is 1. The van der Waals surface area contributed by atoms with E-state index in [1.54, 1.807) is 0 Å². The summed E-state index contributed by atoms with van der Waals surface area (Å²) in [7, 11) is -3.28. The zero-order chi connectivity index (χ0) is 14.4. The maximum absolute atomic E-state index is 12.0. The molecule has 112 valence electrons. The molecule has 1 aliphatic rings. The van der Waals surface area contributed by atoms with Crippen LogP contribution in [0.3, 0.4) is 0 Å². The van der Waals surface area contributed by atoms with Crippen molar-refractivity contribution in [3.63, 3.8) is 0 Å². The van der Waals surface area contributed by atoms with Crippen LogP contribution in [0.25, 0.3) is 0 Å². The van der Waals surface area contributed by atoms with Gasteiger partial charge in [0.05, 0.1) is 19.0 Å². The van der Waals surface area contributed by atoms with Gasteiger partial charge in [0.1, 0.15) is 0 Å². The highest BCUT2D eigenvalue weighted by Crippen LogP contribution is 2.13. The minimum absolute atomic E-state index is 0.00948. The van der Waals surface area contributed by atoms with E-state index in [2.05, 4.69) is 25.6 Å². The molecule has 1 aromatic carbocycles. The number of morpholine rings is 1. The Morgan fingerprint density at radius 3 is 2.75 bits per heavy atom. The standard InChI is InChI=1S/C13H19BrN2O3S/c14-13-3-1-2-12(10-13)11-20(17,18)15-4-5-16-6-8-19-9-7-16/h1-3,10,15H,4-9,11H2. The third kappa shape index (κ3) is 5.49. The maximum atomic E-state index is 12.0. The molecule has 0 amide bonds. The highest BCUT2D eigenvalue weighted by atomic mass is 79.9. The third-order valence-electron chi connectivity index (χ3n) is 3.10. The lowest BCUT2D eigenvalue weighted by atomic mass is 10.2. The molecule has 0 saturated carbocycles. The topological polar surface area (TPSA) is 58.6 Å². The highest BCUT2D eigenvalue weighted by Gasteiger charge is 2.14. The lowest BCUT2D eigenvalue weighted by molar-refractivity contribution is 0.0390. The molecule has 1 heterocycles. The van der Waals surface area contributed by atoms with Crippen LogP contribution in [0, 0.1) is 0 Å². The van der Waals surface area contributed by atoms with Crippen LogP contribution in [0.2, 0.25) is 0 Å². The van der Waals surface area contributed by atoms with Crippen LogP contribution in [-0.4, -0.2) is 52.7 Å². The lowest BCUT2D eigenvalue weighted by Crippen LogP contribution is -2.41. The predicted octanol–water partition coefficient (Wildman–Crippen LogP) is 1.20. The van der Waals surface area contributed by atoms with Gasteiger partial charge < -0.3 is 4.74 Å². The van der Waals surface area contributed by atoms with Crippen LogP contribution in [0.1, 0.15) is 5.56 Å². The van der Waals surface area contributed by atoms with Crippen LogP contribution in [0.5, 0.6) is 0 Å². The fourth-order valence-corrected chi connectivity index (χ4v) is 3.65. The second-order valence-electron chi connectivity index (χ2n) is 4.74. The molecular formula is C13H19BrN2O3S. The summed E-state index contributed by atoms with van der Waals surface area (Å²) >= 11 is 3.34. The molecule has 0 unspecified atom stereocenters. The van der Waals surface area contributed by atoms with E-state index in [1.165, 1.54) is 0 Å². The van der Waals surface area contributed by atoms with Gasteiger partial charge >= 0.3 is 0 Å². The van der Waals surface area contributed by atoms with Crippen LogP contribution in [0.4, 0.5) is 0 Å². The summed E-state index contributed by atoms with van der Waals surface area (Å²) in [6, 6.07) is 7.35. The van der Waals surface area contributed by atoms with Crippen molar-refractivity contribution in [2.24, 2.45) is 0 Å². The maximum Gasteiger partial charge on any atom is 0.215 e. The molecule has 0 atom stereocenters. The van der Waals surface area contributed by atoms with Crippen molar-refractivity contribution in [1.29, 1.82) is 0 Å². The van der Waals surface area contributed by atoms with Gasteiger partial charge in [0.25, 0.3) is 0 Å². The second kappa shape index (κ2) is 7.51. The Hall–Kier alpha value is -0.470. The average molecular weight is 363 g/mol. The Morgan fingerprint density at radius 2 is 2.05 bits per heavy atom. The molecule has 0 aliphatic carbocycles. The van der Waals surface area contributed by atoms with E-state index in [0.29, 0.717) is 6.54 Å². The number of hydrogen-bond acceptors (Lipinski definition) is 4. The number of benzene rings is 1. The fourth-order valence-electron chi connectivity index (χ4n) is 2.08. The number of hydrogen-bond donors (Lipinski definition) is 1. The Balaban J connectivity index is 1.78. The van der Waals surface area contributed by atoms with Gasteiger partial charge in [-0.25, -0.2) is 13.1 Å². The molecule has 0 spiro atoms. The summed E-state index contributed by atoms with van der Waals surface area (Å²) in [5.74, 6) is 0.00948. The first-order valence-corrected chi connectivity index (χ1v) is 9.01. The normalized spacial score (nSPS) is 17.2. The molecule has 7 heteroatoms. The average Bonchev–Trinajstić information content (AvgIpc) is 2.39. The Labute approximate surface area is 128 Å². The molecule has 20 heavy (non-hydrogen) atoms. The van der Waals surface area contributed by atoms with Gasteiger partial charge in [0.15, 0.2) is 0 Å². The zero-order valence-corrected chi connectivity index (χ0v) is 13.6. The minimum Gasteiger partial charge on any atom is -0.379 e. The predicted molar refractivity (Wildman–Crippen MR) is 82.0 cm³/mol. The number of rotatable bonds is 6. The Kier molecular flexibility index (Phi) is 5.98. The number of sulfonamides is 1. The zero-order valence-electron chi connectivity index (χ0n) is 11.2. The molecule has 0 radical (unpaired) electrons. The van der Waals surface area contributed by atoms with Crippen LogP contribution >= 0.6 is 15.9 Å². The van der Waals surface area contributed by atoms with Crippen LogP contribution in [-0.2, 0) is 20.5 Å². The van der Waals surface area contributed by atoms with Gasteiger partial charge in [-0.2, -0.15) is 0 Å². The summed E-state index contributed by atoms with van der Waals surface area (Å²) in [5, 5.41) is 0. The van der Waals surface area contributed by atoms with E-state index in [1.807, 2.05) is 24.3 Å². The first-order valence-electron chi connectivity index (χ1n) is 6.57. The smallest absolute Gasteiger partial charge is 0.215 e. The van der Waals surface area contributed by atoms with Gasteiger partial charge in [0, 0.05) is 30.7 Å². The number of nitrogens with zero attached hydrogens (tertiary/aromatic N) is 1. The van der Waals surface area contributed by atoms with Crippen molar-refractivity contribution in [3.8, 4) is 0 Å². The van der Waals surface area contributed by atoms with E-state index in [4.69, 9.17) is 4.74 Å². The molecule has 0 bridgehead atoms. The summed E-state index contributed by atoms with van der Waals surface area (Å²) < 4.78 is 32.8. The van der Waals surface area contributed by atoms with Gasteiger partial charge in [-0.3, -0.25) is 4.90 Å². The van der Waals surface area contributed by atoms with E-state index in [0.717, 1.165) is 42.9 Å². The monoisotopic (exact) mass is 362 g/mol. The molecule has 1 saturated heterocycles. The Bertz CT molecular complexity index is 530. The first-order chi connectivity index (χ1) is 9.55. The first kappa shape index (κ1) is 15.9. The molecule has 5 nitrogen and oxygen atoms in total. The largest absolute Gasteiger partial charge is 0.379 e. The van der Waals surface area contributed by atoms with E-state index in [9.17, 15) is 8.42 Å². The fraction of sp³-hybridized carbons (Fsp3) is 0.538. The summed E-state index contributed by atoms with van der Waals surface area (Å²) in [5.41, 5.74) is 0.776. The molecule has 2 rings (SSSR count). The van der Waals surface area contributed by atoms with E-state index >= 15 is 0 Å². The molecule has 1 aromatic rings. The summed E-state index contributed by atoms with van der Waals surface area (Å²) in [4.78, 5) is 2.20. The lowest BCUT2D eigenvalue weighted by Gasteiger charge is -2.26. The van der Waals surface area contributed by atoms with Gasteiger partial charge in [-0.1, -0.05) is 28.1 Å². The molecule has 1 N–H and O–H groups in total. The van der Waals surface area contributed by atoms with Crippen LogP contribution in [0.15, 0.2) is 28.7 Å². The van der Waals surface area contributed by atoms with Crippen LogP contribution < -0.4 is 4.72 Å². The van der Waals surface area contributed by atoms with Crippen molar-refractivity contribution in [2.45, 2.75) is 5.75 Å². The summed E-state index contributed by atoms with van der Waals surface area (Å²) in [6.07, 6.45) is 0. The quantitative estimate of drug-likeness (QED) is 0.825. The van der Waals surface area contributed by atoms with Crippen molar-refractivity contribution in [3.05, 3.63) is 34.3 Å². The van der Waals surface area contributed by atoms with Gasteiger partial charge in [0.2, 0.25) is 10.0 Å². The third-order valence-corrected chi connectivity index (χ3v) is 4.95. The highest BCUT2D eigenvalue weighted by molar-refractivity contribution is 9.10. The van der Waals surface area contributed by atoms with Gasteiger partial charge in [-0.05, 0) is 17.7 Å². The summed E-state index contributed by atoms with van der Waals surface area (Å²) in [6.45, 7) is 4.35. The molecule has 0 aromatic heterocycles. The Morgan fingerprint density at radius 1 is 1.30 bits per heavy atom. The SMILES string of the molecule is O=S(=O)(Cc1cccc(Br)c1)NCCN1CCOCC1. The molecule has 1 fully saturated rings. The van der Waals surface area contributed by atoms with Crippen molar-refractivity contribution >= 4 is 26.0 Å². The van der Waals surface area contributed by atoms with Crippen molar-refractivity contribution in [1.82, 2.24) is 9.62 Å². The second-order valence-corrected chi connectivity index (χ2v) is 7.46. The van der Waals surface area contributed by atoms with Crippen molar-refractivity contribution < 1.29 is 13.2 Å². The van der Waals surface area contributed by atoms with E-state index < -0.39 is 10.0 Å². The number of halogens is 1. The van der Waals surface area contributed by atoms with E-state index in [-0.39, 0.29) is 5.75 Å². The van der Waals surface area contributed by atoms with Gasteiger partial charge in [-0.15, -0.1) is 0 Å². The molecule has 1 aliphatic heterocycles. The molecular weight excluding hydrogens is 344 g/mol. The van der Waals surface area contributed by atoms with Crippen molar-refractivity contribution in [2.75, 3.05) is 39.4 Å². The number of nitrogens with one attached hydrogen (secondary N) is 1. The minimum atomic E-state index is -3.28.